The van der Waals surface area contributed by atoms with Crippen molar-refractivity contribution in [2.75, 3.05) is 19.8 Å². The Morgan fingerprint density at radius 2 is 1.10 bits per heavy atom. The van der Waals surface area contributed by atoms with E-state index in [4.69, 9.17) is 4.74 Å². The summed E-state index contributed by atoms with van der Waals surface area (Å²) in [4.78, 5) is 25.9. The number of unbranched alkanes of at least 4 members (excludes halogenated alkanes) is 11. The number of carbonyl (C=O) groups excluding carboxylic acids is 2. The van der Waals surface area contributed by atoms with E-state index in [-0.39, 0.29) is 11.8 Å². The molecule has 0 saturated carbocycles. The molecule has 1 heterocycles. The molecule has 1 aromatic rings. The summed E-state index contributed by atoms with van der Waals surface area (Å²) >= 11 is 0. The monoisotopic (exact) mass is 401 g/mol. The van der Waals surface area contributed by atoms with Crippen molar-refractivity contribution in [1.29, 1.82) is 0 Å². The van der Waals surface area contributed by atoms with Crippen LogP contribution >= 0.6 is 0 Å². The van der Waals surface area contributed by atoms with Crippen molar-refractivity contribution in [2.24, 2.45) is 0 Å². The summed E-state index contributed by atoms with van der Waals surface area (Å²) in [6.07, 6.45) is 16.8. The molecule has 0 fully saturated rings. The highest BCUT2D eigenvalue weighted by Crippen LogP contribution is 2.22. The fourth-order valence-corrected chi connectivity index (χ4v) is 3.91. The van der Waals surface area contributed by atoms with E-state index in [0.29, 0.717) is 30.7 Å². The molecule has 1 aliphatic rings. The molecule has 162 valence electrons. The number of amides is 2. The molecule has 0 N–H and O–H groups in total. The molecule has 4 heteroatoms. The molecule has 0 bridgehead atoms. The number of ether oxygens (including phenoxy) is 1. The van der Waals surface area contributed by atoms with Crippen LogP contribution in [0.1, 0.15) is 111 Å². The highest BCUT2D eigenvalue weighted by Gasteiger charge is 2.34. The maximum atomic E-state index is 12.3. The van der Waals surface area contributed by atoms with E-state index in [2.05, 4.69) is 6.92 Å². The smallest absolute Gasteiger partial charge is 0.261 e. The first-order valence-electron chi connectivity index (χ1n) is 11.8. The van der Waals surface area contributed by atoms with Gasteiger partial charge in [0.1, 0.15) is 0 Å². The fourth-order valence-electron chi connectivity index (χ4n) is 3.91. The zero-order valence-electron chi connectivity index (χ0n) is 18.3. The SMILES string of the molecule is CCCCCCCCCCCCCCOCCCN1C(=O)c2ccccc2C1=O. The molecular weight excluding hydrogens is 362 g/mol. The Morgan fingerprint density at radius 3 is 1.62 bits per heavy atom. The van der Waals surface area contributed by atoms with Crippen molar-refractivity contribution >= 4 is 11.8 Å². The molecule has 1 aliphatic heterocycles. The second-order valence-electron chi connectivity index (χ2n) is 8.16. The van der Waals surface area contributed by atoms with Crippen LogP contribution in [0.5, 0.6) is 0 Å². The minimum atomic E-state index is -0.174. The van der Waals surface area contributed by atoms with Gasteiger partial charge >= 0.3 is 0 Å². The van der Waals surface area contributed by atoms with Crippen molar-refractivity contribution in [3.8, 4) is 0 Å². The van der Waals surface area contributed by atoms with Gasteiger partial charge in [-0.25, -0.2) is 0 Å². The lowest BCUT2D eigenvalue weighted by molar-refractivity contribution is 0.0625. The van der Waals surface area contributed by atoms with E-state index in [1.54, 1.807) is 24.3 Å². The summed E-state index contributed by atoms with van der Waals surface area (Å²) in [7, 11) is 0. The second-order valence-corrected chi connectivity index (χ2v) is 8.16. The van der Waals surface area contributed by atoms with Crippen LogP contribution in [0, 0.1) is 0 Å². The predicted octanol–water partition coefficient (Wildman–Crippen LogP) is 6.39. The van der Waals surface area contributed by atoms with Crippen molar-refractivity contribution < 1.29 is 14.3 Å². The van der Waals surface area contributed by atoms with Gasteiger partial charge in [-0.05, 0) is 25.0 Å². The Kier molecular flexibility index (Phi) is 11.7. The number of hydrogen-bond donors (Lipinski definition) is 0. The van der Waals surface area contributed by atoms with Crippen LogP contribution in [0.3, 0.4) is 0 Å². The maximum Gasteiger partial charge on any atom is 0.261 e. The quantitative estimate of drug-likeness (QED) is 0.224. The molecule has 0 spiro atoms. The van der Waals surface area contributed by atoms with E-state index in [1.165, 1.54) is 75.5 Å². The minimum Gasteiger partial charge on any atom is -0.381 e. The molecule has 29 heavy (non-hydrogen) atoms. The van der Waals surface area contributed by atoms with E-state index in [9.17, 15) is 9.59 Å². The molecule has 0 saturated heterocycles. The first-order valence-corrected chi connectivity index (χ1v) is 11.8. The van der Waals surface area contributed by atoms with Crippen molar-refractivity contribution in [2.45, 2.75) is 90.4 Å². The van der Waals surface area contributed by atoms with E-state index < -0.39 is 0 Å². The minimum absolute atomic E-state index is 0.174. The van der Waals surface area contributed by atoms with Crippen LogP contribution < -0.4 is 0 Å². The van der Waals surface area contributed by atoms with Gasteiger partial charge in [0, 0.05) is 19.8 Å². The van der Waals surface area contributed by atoms with Gasteiger partial charge in [0.2, 0.25) is 0 Å². The lowest BCUT2D eigenvalue weighted by Gasteiger charge is -2.13. The van der Waals surface area contributed by atoms with E-state index >= 15 is 0 Å². The summed E-state index contributed by atoms with van der Waals surface area (Å²) < 4.78 is 5.68. The molecule has 2 rings (SSSR count). The molecule has 0 aromatic heterocycles. The molecule has 0 radical (unpaired) electrons. The Bertz CT molecular complexity index is 579. The van der Waals surface area contributed by atoms with Crippen LogP contribution in [0.2, 0.25) is 0 Å². The topological polar surface area (TPSA) is 46.6 Å². The van der Waals surface area contributed by atoms with Crippen LogP contribution in [-0.4, -0.2) is 36.5 Å². The number of fused-ring (bicyclic) bond motifs is 1. The third-order valence-electron chi connectivity index (χ3n) is 5.69. The Morgan fingerprint density at radius 1 is 0.655 bits per heavy atom. The van der Waals surface area contributed by atoms with Gasteiger partial charge in [-0.3, -0.25) is 14.5 Å². The molecule has 1 aromatic carbocycles. The average molecular weight is 402 g/mol. The van der Waals surface area contributed by atoms with Gasteiger partial charge < -0.3 is 4.74 Å². The molecular formula is C25H39NO3. The zero-order chi connectivity index (χ0) is 20.7. The lowest BCUT2D eigenvalue weighted by atomic mass is 10.1. The van der Waals surface area contributed by atoms with Crippen LogP contribution in [0.15, 0.2) is 24.3 Å². The van der Waals surface area contributed by atoms with Crippen molar-refractivity contribution in [3.05, 3.63) is 35.4 Å². The Labute approximate surface area is 177 Å². The van der Waals surface area contributed by atoms with Gasteiger partial charge in [0.05, 0.1) is 11.1 Å². The predicted molar refractivity (Wildman–Crippen MR) is 118 cm³/mol. The molecule has 4 nitrogen and oxygen atoms in total. The summed E-state index contributed by atoms with van der Waals surface area (Å²) in [5, 5.41) is 0. The average Bonchev–Trinajstić information content (AvgIpc) is 2.98. The Balaban J connectivity index is 1.37. The fraction of sp³-hybridized carbons (Fsp3) is 0.680. The largest absolute Gasteiger partial charge is 0.381 e. The second kappa shape index (κ2) is 14.3. The summed E-state index contributed by atoms with van der Waals surface area (Å²) in [5.41, 5.74) is 1.05. The van der Waals surface area contributed by atoms with E-state index in [1.807, 2.05) is 0 Å². The molecule has 0 atom stereocenters. The Hall–Kier alpha value is -1.68. The third kappa shape index (κ3) is 8.30. The summed E-state index contributed by atoms with van der Waals surface area (Å²) in [5.74, 6) is -0.349. The maximum absolute atomic E-state index is 12.3. The van der Waals surface area contributed by atoms with Crippen molar-refractivity contribution in [1.82, 2.24) is 4.90 Å². The highest BCUT2D eigenvalue weighted by atomic mass is 16.5. The molecule has 0 aliphatic carbocycles. The van der Waals surface area contributed by atoms with Crippen LogP contribution in [0.4, 0.5) is 0 Å². The van der Waals surface area contributed by atoms with Gasteiger partial charge in [0.15, 0.2) is 0 Å². The molecule has 0 unspecified atom stereocenters. The zero-order valence-corrected chi connectivity index (χ0v) is 18.3. The van der Waals surface area contributed by atoms with Gasteiger partial charge in [-0.1, -0.05) is 89.7 Å². The number of rotatable bonds is 17. The first kappa shape index (κ1) is 23.6. The number of benzene rings is 1. The third-order valence-corrected chi connectivity index (χ3v) is 5.69. The number of hydrogen-bond acceptors (Lipinski definition) is 3. The number of imide groups is 1. The molecule has 2 amide bonds. The number of nitrogens with zero attached hydrogens (tertiary/aromatic N) is 1. The van der Waals surface area contributed by atoms with E-state index in [0.717, 1.165) is 13.0 Å². The normalized spacial score (nSPS) is 13.3. The van der Waals surface area contributed by atoms with Gasteiger partial charge in [-0.15, -0.1) is 0 Å². The highest BCUT2D eigenvalue weighted by molar-refractivity contribution is 6.21. The number of carbonyl (C=O) groups is 2. The summed E-state index contributed by atoms with van der Waals surface area (Å²) in [6, 6.07) is 7.04. The van der Waals surface area contributed by atoms with Crippen molar-refractivity contribution in [3.63, 3.8) is 0 Å². The van der Waals surface area contributed by atoms with Gasteiger partial charge in [0.25, 0.3) is 11.8 Å². The standard InChI is InChI=1S/C25H39NO3/c1-2-3-4-5-6-7-8-9-10-11-12-15-20-29-21-16-19-26-24(27)22-17-13-14-18-23(22)25(26)28/h13-14,17-18H,2-12,15-16,19-21H2,1H3. The van der Waals surface area contributed by atoms with Gasteiger partial charge in [-0.2, -0.15) is 0 Å². The lowest BCUT2D eigenvalue weighted by Crippen LogP contribution is -2.31. The summed E-state index contributed by atoms with van der Waals surface area (Å²) in [6.45, 7) is 4.08. The van der Waals surface area contributed by atoms with Crippen LogP contribution in [-0.2, 0) is 4.74 Å². The first-order chi connectivity index (χ1) is 14.3. The van der Waals surface area contributed by atoms with Crippen LogP contribution in [0.25, 0.3) is 0 Å².